The first kappa shape index (κ1) is 18.4. The molecule has 0 heterocycles. The Labute approximate surface area is 146 Å². The minimum atomic E-state index is -0.992. The van der Waals surface area contributed by atoms with Gasteiger partial charge in [0.2, 0.25) is 0 Å². The van der Waals surface area contributed by atoms with Crippen molar-refractivity contribution in [2.75, 3.05) is 12.9 Å². The summed E-state index contributed by atoms with van der Waals surface area (Å²) in [6, 6.07) is 20.0. The lowest BCUT2D eigenvalue weighted by Crippen LogP contribution is -2.12. The molecule has 0 radical (unpaired) electrons. The van der Waals surface area contributed by atoms with E-state index in [1.54, 1.807) is 0 Å². The zero-order valence-corrected chi connectivity index (χ0v) is 14.8. The summed E-state index contributed by atoms with van der Waals surface area (Å²) in [7, 11) is 0.413. The molecule has 0 bridgehead atoms. The number of ether oxygens (including phenoxy) is 1. The first-order valence-corrected chi connectivity index (χ1v) is 9.64. The predicted molar refractivity (Wildman–Crippen MR) is 98.2 cm³/mol. The van der Waals surface area contributed by atoms with Gasteiger partial charge in [0.05, 0.1) is 12.4 Å². The van der Waals surface area contributed by atoms with Gasteiger partial charge in [-0.1, -0.05) is 67.1 Å². The van der Waals surface area contributed by atoms with Gasteiger partial charge in [-0.3, -0.25) is 9.00 Å². The Hall–Kier alpha value is -1.94. The third-order valence-corrected chi connectivity index (χ3v) is 5.68. The van der Waals surface area contributed by atoms with Crippen molar-refractivity contribution in [1.82, 2.24) is 0 Å². The molecule has 2 rings (SSSR count). The van der Waals surface area contributed by atoms with Crippen molar-refractivity contribution >= 4 is 16.8 Å². The molecule has 0 saturated heterocycles. The second-order valence-electron chi connectivity index (χ2n) is 5.67. The number of esters is 1. The molecule has 0 aliphatic heterocycles. The molecular formula is C20H24O3S. The lowest BCUT2D eigenvalue weighted by molar-refractivity contribution is -0.140. The maximum Gasteiger partial charge on any atom is 0.305 e. The van der Waals surface area contributed by atoms with Crippen LogP contribution in [0.4, 0.5) is 0 Å². The Morgan fingerprint density at radius 1 is 0.917 bits per heavy atom. The molecule has 0 spiro atoms. The smallest absolute Gasteiger partial charge is 0.305 e. The summed E-state index contributed by atoms with van der Waals surface area (Å²) in [4.78, 5) is 11.1. The third kappa shape index (κ3) is 5.60. The molecule has 4 heteroatoms. The lowest BCUT2D eigenvalue weighted by atomic mass is 10.0. The van der Waals surface area contributed by atoms with Crippen LogP contribution in [-0.4, -0.2) is 23.0 Å². The van der Waals surface area contributed by atoms with Crippen LogP contribution in [0.15, 0.2) is 60.7 Å². The third-order valence-electron chi connectivity index (χ3n) is 3.92. The van der Waals surface area contributed by atoms with Crippen LogP contribution in [0.3, 0.4) is 0 Å². The summed E-state index contributed by atoms with van der Waals surface area (Å²) in [5, 5.41) is -0.104. The fourth-order valence-corrected chi connectivity index (χ4v) is 4.31. The van der Waals surface area contributed by atoms with Crippen LogP contribution in [0.2, 0.25) is 0 Å². The molecule has 0 aromatic heterocycles. The Bertz CT molecular complexity index is 601. The zero-order chi connectivity index (χ0) is 17.2. The normalized spacial score (nSPS) is 12.1. The van der Waals surface area contributed by atoms with E-state index in [4.69, 9.17) is 0 Å². The standard InChI is InChI=1S/C20H24O3S/c1-23-19(21)15-9-4-10-16-24(22)20(17-11-5-2-6-12-17)18-13-7-3-8-14-18/h2-3,5-8,11-14,20H,4,9-10,15-16H2,1H3/t24-/m0/s1. The molecule has 0 fully saturated rings. The van der Waals surface area contributed by atoms with E-state index in [-0.39, 0.29) is 11.2 Å². The fourth-order valence-electron chi connectivity index (χ4n) is 2.66. The highest BCUT2D eigenvalue weighted by molar-refractivity contribution is 7.85. The molecule has 128 valence electrons. The van der Waals surface area contributed by atoms with Crippen molar-refractivity contribution in [3.05, 3.63) is 71.8 Å². The number of unbranched alkanes of at least 4 members (excludes halogenated alkanes) is 2. The van der Waals surface area contributed by atoms with Crippen LogP contribution in [0.1, 0.15) is 42.1 Å². The van der Waals surface area contributed by atoms with E-state index >= 15 is 0 Å². The number of methoxy groups -OCH3 is 1. The van der Waals surface area contributed by atoms with E-state index in [0.29, 0.717) is 12.2 Å². The van der Waals surface area contributed by atoms with Crippen LogP contribution >= 0.6 is 0 Å². The molecule has 0 aliphatic rings. The van der Waals surface area contributed by atoms with E-state index in [1.165, 1.54) is 7.11 Å². The molecule has 24 heavy (non-hydrogen) atoms. The Morgan fingerprint density at radius 2 is 1.46 bits per heavy atom. The van der Waals surface area contributed by atoms with Gasteiger partial charge in [-0.25, -0.2) is 0 Å². The summed E-state index contributed by atoms with van der Waals surface area (Å²) in [6.07, 6.45) is 2.95. The van der Waals surface area contributed by atoms with Gasteiger partial charge in [-0.15, -0.1) is 0 Å². The predicted octanol–water partition coefficient (Wildman–Crippen LogP) is 4.26. The van der Waals surface area contributed by atoms with Gasteiger partial charge in [-0.05, 0) is 24.0 Å². The van der Waals surface area contributed by atoms with Crippen molar-refractivity contribution in [2.24, 2.45) is 0 Å². The molecule has 0 aliphatic carbocycles. The molecule has 0 amide bonds. The zero-order valence-electron chi connectivity index (χ0n) is 14.0. The monoisotopic (exact) mass is 344 g/mol. The summed E-state index contributed by atoms with van der Waals surface area (Å²) >= 11 is 0. The Morgan fingerprint density at radius 3 is 1.96 bits per heavy atom. The Balaban J connectivity index is 1.97. The molecule has 2 aromatic carbocycles. The molecule has 0 unspecified atom stereocenters. The fraction of sp³-hybridized carbons (Fsp3) is 0.350. The Kier molecular flexibility index (Phi) is 7.69. The number of carbonyl (C=O) groups excluding carboxylic acids is 1. The topological polar surface area (TPSA) is 43.4 Å². The summed E-state index contributed by atoms with van der Waals surface area (Å²) in [5.74, 6) is 0.456. The van der Waals surface area contributed by atoms with Crippen LogP contribution in [0.25, 0.3) is 0 Å². The van der Waals surface area contributed by atoms with Crippen LogP contribution in [0, 0.1) is 0 Å². The number of carbonyl (C=O) groups is 1. The molecule has 3 nitrogen and oxygen atoms in total. The second kappa shape index (κ2) is 10.0. The first-order valence-electron chi connectivity index (χ1n) is 8.26. The molecule has 0 saturated carbocycles. The van der Waals surface area contributed by atoms with Gasteiger partial charge in [0, 0.05) is 23.0 Å². The summed E-state index contributed by atoms with van der Waals surface area (Å²) in [6.45, 7) is 0. The SMILES string of the molecule is COC(=O)CCCCC[S@](=O)C(c1ccccc1)c1ccccc1. The highest BCUT2D eigenvalue weighted by Crippen LogP contribution is 2.28. The molecule has 0 N–H and O–H groups in total. The van der Waals surface area contributed by atoms with Gasteiger partial charge in [0.1, 0.15) is 0 Å². The van der Waals surface area contributed by atoms with Gasteiger partial charge < -0.3 is 4.74 Å². The lowest BCUT2D eigenvalue weighted by Gasteiger charge is -2.17. The number of benzene rings is 2. The number of hydrogen-bond acceptors (Lipinski definition) is 3. The van der Waals surface area contributed by atoms with E-state index in [9.17, 15) is 9.00 Å². The van der Waals surface area contributed by atoms with E-state index < -0.39 is 10.8 Å². The van der Waals surface area contributed by atoms with Gasteiger partial charge in [0.15, 0.2) is 0 Å². The van der Waals surface area contributed by atoms with E-state index in [0.717, 1.165) is 30.4 Å². The number of hydrogen-bond donors (Lipinski definition) is 0. The minimum Gasteiger partial charge on any atom is -0.469 e. The molecule has 2 aromatic rings. The van der Waals surface area contributed by atoms with Gasteiger partial charge in [0.25, 0.3) is 0 Å². The van der Waals surface area contributed by atoms with E-state index in [2.05, 4.69) is 4.74 Å². The summed E-state index contributed by atoms with van der Waals surface area (Å²) < 4.78 is 17.5. The van der Waals surface area contributed by atoms with Crippen LogP contribution < -0.4 is 0 Å². The van der Waals surface area contributed by atoms with Crippen molar-refractivity contribution in [1.29, 1.82) is 0 Å². The van der Waals surface area contributed by atoms with Crippen molar-refractivity contribution < 1.29 is 13.7 Å². The second-order valence-corrected chi connectivity index (χ2v) is 7.31. The summed E-state index contributed by atoms with van der Waals surface area (Å²) in [5.41, 5.74) is 2.16. The molecule has 1 atom stereocenters. The quantitative estimate of drug-likeness (QED) is 0.504. The average molecular weight is 344 g/mol. The maximum atomic E-state index is 12.9. The number of rotatable bonds is 9. The largest absolute Gasteiger partial charge is 0.469 e. The van der Waals surface area contributed by atoms with Crippen LogP contribution in [-0.2, 0) is 20.3 Å². The van der Waals surface area contributed by atoms with Crippen molar-refractivity contribution in [3.63, 3.8) is 0 Å². The van der Waals surface area contributed by atoms with Gasteiger partial charge >= 0.3 is 5.97 Å². The first-order chi connectivity index (χ1) is 11.7. The van der Waals surface area contributed by atoms with Gasteiger partial charge in [-0.2, -0.15) is 0 Å². The average Bonchev–Trinajstić information content (AvgIpc) is 2.63. The van der Waals surface area contributed by atoms with E-state index in [1.807, 2.05) is 60.7 Å². The minimum absolute atomic E-state index is 0.104. The molecular weight excluding hydrogens is 320 g/mol. The maximum absolute atomic E-state index is 12.9. The highest BCUT2D eigenvalue weighted by atomic mass is 32.2. The van der Waals surface area contributed by atoms with Crippen LogP contribution in [0.5, 0.6) is 0 Å². The highest BCUT2D eigenvalue weighted by Gasteiger charge is 2.20. The van der Waals surface area contributed by atoms with Crippen molar-refractivity contribution in [2.45, 2.75) is 30.9 Å². The van der Waals surface area contributed by atoms with Crippen molar-refractivity contribution in [3.8, 4) is 0 Å².